The van der Waals surface area contributed by atoms with E-state index in [1.807, 2.05) is 29.2 Å². The summed E-state index contributed by atoms with van der Waals surface area (Å²) in [6, 6.07) is 10.7. The molecule has 21 heavy (non-hydrogen) atoms. The summed E-state index contributed by atoms with van der Waals surface area (Å²) in [6.45, 7) is 4.23. The number of rotatable bonds is 4. The van der Waals surface area contributed by atoms with Crippen LogP contribution in [0.2, 0.25) is 0 Å². The van der Waals surface area contributed by atoms with Gasteiger partial charge in [-0.25, -0.2) is 4.98 Å². The number of aryl methyl sites for hydroxylation is 1. The van der Waals surface area contributed by atoms with E-state index >= 15 is 0 Å². The lowest BCUT2D eigenvalue weighted by Crippen LogP contribution is -2.08. The molecule has 0 aliphatic rings. The van der Waals surface area contributed by atoms with Crippen LogP contribution in [0.15, 0.2) is 61.4 Å². The summed E-state index contributed by atoms with van der Waals surface area (Å²) in [5.41, 5.74) is 4.62. The normalized spacial score (nSPS) is 12.1. The van der Waals surface area contributed by atoms with Crippen molar-refractivity contribution in [3.63, 3.8) is 0 Å². The monoisotopic (exact) mass is 278 g/mol. The average molecular weight is 278 g/mol. The molecule has 0 fully saturated rings. The lowest BCUT2D eigenvalue weighted by molar-refractivity contribution is 0.878. The van der Waals surface area contributed by atoms with E-state index in [0.29, 0.717) is 0 Å². The second-order valence-electron chi connectivity index (χ2n) is 5.12. The molecule has 4 heteroatoms. The summed E-state index contributed by atoms with van der Waals surface area (Å²) >= 11 is 0. The molecule has 2 aromatic heterocycles. The Bertz CT molecular complexity index is 702. The van der Waals surface area contributed by atoms with Crippen LogP contribution in [-0.2, 0) is 0 Å². The van der Waals surface area contributed by atoms with Crippen molar-refractivity contribution in [1.29, 1.82) is 0 Å². The topological polar surface area (TPSA) is 42.7 Å². The molecule has 0 aliphatic carbocycles. The minimum atomic E-state index is 0.227. The molecule has 2 heterocycles. The van der Waals surface area contributed by atoms with Gasteiger partial charge in [0.25, 0.3) is 0 Å². The first-order valence-electron chi connectivity index (χ1n) is 6.99. The van der Waals surface area contributed by atoms with Crippen LogP contribution in [0.4, 0.5) is 5.69 Å². The Labute approximate surface area is 124 Å². The standard InChI is InChI=1S/C17H18N4/c1-13-7-8-18-11-17(13)20-14(2)15-3-5-16(6-4-15)21-10-9-19-12-21/h3-12,14,20H,1-2H3. The molecule has 1 atom stereocenters. The van der Waals surface area contributed by atoms with Gasteiger partial charge in [0.05, 0.1) is 18.2 Å². The number of nitrogens with one attached hydrogen (secondary N) is 1. The van der Waals surface area contributed by atoms with Crippen LogP contribution >= 0.6 is 0 Å². The highest BCUT2D eigenvalue weighted by Crippen LogP contribution is 2.22. The fourth-order valence-electron chi connectivity index (χ4n) is 2.28. The van der Waals surface area contributed by atoms with Gasteiger partial charge in [0.2, 0.25) is 0 Å². The third-order valence-corrected chi connectivity index (χ3v) is 3.61. The summed E-state index contributed by atoms with van der Waals surface area (Å²) in [6.07, 6.45) is 9.20. The zero-order chi connectivity index (χ0) is 14.7. The minimum absolute atomic E-state index is 0.227. The zero-order valence-corrected chi connectivity index (χ0v) is 12.2. The highest BCUT2D eigenvalue weighted by atomic mass is 15.0. The van der Waals surface area contributed by atoms with Gasteiger partial charge in [0.1, 0.15) is 0 Å². The van der Waals surface area contributed by atoms with E-state index in [0.717, 1.165) is 11.4 Å². The second-order valence-corrected chi connectivity index (χ2v) is 5.12. The van der Waals surface area contributed by atoms with E-state index < -0.39 is 0 Å². The van der Waals surface area contributed by atoms with E-state index in [1.54, 1.807) is 12.5 Å². The number of aromatic nitrogens is 3. The molecule has 4 nitrogen and oxygen atoms in total. The summed E-state index contributed by atoms with van der Waals surface area (Å²) in [5.74, 6) is 0. The van der Waals surface area contributed by atoms with Crippen molar-refractivity contribution < 1.29 is 0 Å². The van der Waals surface area contributed by atoms with Gasteiger partial charge in [-0.15, -0.1) is 0 Å². The first kappa shape index (κ1) is 13.4. The zero-order valence-electron chi connectivity index (χ0n) is 12.2. The van der Waals surface area contributed by atoms with Crippen molar-refractivity contribution >= 4 is 5.69 Å². The SMILES string of the molecule is Cc1ccncc1NC(C)c1ccc(-n2ccnc2)cc1. The maximum absolute atomic E-state index is 4.17. The summed E-state index contributed by atoms with van der Waals surface area (Å²) in [5, 5.41) is 3.50. The Kier molecular flexibility index (Phi) is 3.69. The molecule has 1 aromatic carbocycles. The van der Waals surface area contributed by atoms with Crippen molar-refractivity contribution in [3.8, 4) is 5.69 Å². The predicted molar refractivity (Wildman–Crippen MR) is 84.6 cm³/mol. The van der Waals surface area contributed by atoms with Crippen LogP contribution in [0.5, 0.6) is 0 Å². The molecule has 1 N–H and O–H groups in total. The van der Waals surface area contributed by atoms with Crippen molar-refractivity contribution in [1.82, 2.24) is 14.5 Å². The third kappa shape index (κ3) is 2.94. The van der Waals surface area contributed by atoms with Gasteiger partial charge in [0, 0.05) is 30.3 Å². The Hall–Kier alpha value is -2.62. The van der Waals surface area contributed by atoms with Crippen LogP contribution in [0, 0.1) is 6.92 Å². The highest BCUT2D eigenvalue weighted by Gasteiger charge is 2.07. The van der Waals surface area contributed by atoms with Gasteiger partial charge in [-0.05, 0) is 43.2 Å². The molecular formula is C17H18N4. The molecule has 0 amide bonds. The molecule has 0 saturated carbocycles. The van der Waals surface area contributed by atoms with Gasteiger partial charge < -0.3 is 9.88 Å². The molecule has 0 bridgehead atoms. The smallest absolute Gasteiger partial charge is 0.0991 e. The third-order valence-electron chi connectivity index (χ3n) is 3.61. The van der Waals surface area contributed by atoms with E-state index in [-0.39, 0.29) is 6.04 Å². The number of pyridine rings is 1. The van der Waals surface area contributed by atoms with E-state index in [1.165, 1.54) is 11.1 Å². The van der Waals surface area contributed by atoms with Crippen molar-refractivity contribution in [2.24, 2.45) is 0 Å². The maximum atomic E-state index is 4.17. The lowest BCUT2D eigenvalue weighted by Gasteiger charge is -2.17. The highest BCUT2D eigenvalue weighted by molar-refractivity contribution is 5.50. The Balaban J connectivity index is 1.76. The summed E-state index contributed by atoms with van der Waals surface area (Å²) < 4.78 is 1.99. The quantitative estimate of drug-likeness (QED) is 0.790. The predicted octanol–water partition coefficient (Wildman–Crippen LogP) is 3.75. The van der Waals surface area contributed by atoms with Crippen LogP contribution in [0.25, 0.3) is 5.69 Å². The number of anilines is 1. The van der Waals surface area contributed by atoms with Crippen molar-refractivity contribution in [2.45, 2.75) is 19.9 Å². The van der Waals surface area contributed by atoms with Crippen molar-refractivity contribution in [3.05, 3.63) is 72.6 Å². The maximum Gasteiger partial charge on any atom is 0.0991 e. The number of benzene rings is 1. The van der Waals surface area contributed by atoms with Gasteiger partial charge in [-0.2, -0.15) is 0 Å². The molecule has 0 radical (unpaired) electrons. The van der Waals surface area contributed by atoms with Gasteiger partial charge in [-0.3, -0.25) is 4.98 Å². The Morgan fingerprint density at radius 1 is 1.05 bits per heavy atom. The van der Waals surface area contributed by atoms with Gasteiger partial charge >= 0.3 is 0 Å². The van der Waals surface area contributed by atoms with Crippen LogP contribution < -0.4 is 5.32 Å². The first-order valence-corrected chi connectivity index (χ1v) is 6.99. The Morgan fingerprint density at radius 2 is 1.86 bits per heavy atom. The molecule has 1 unspecified atom stereocenters. The number of hydrogen-bond acceptors (Lipinski definition) is 3. The largest absolute Gasteiger partial charge is 0.377 e. The molecule has 0 spiro atoms. The molecular weight excluding hydrogens is 260 g/mol. The van der Waals surface area contributed by atoms with Crippen LogP contribution in [0.3, 0.4) is 0 Å². The lowest BCUT2D eigenvalue weighted by atomic mass is 10.1. The molecule has 0 aliphatic heterocycles. The summed E-state index contributed by atoms with van der Waals surface area (Å²) in [7, 11) is 0. The van der Waals surface area contributed by atoms with E-state index in [9.17, 15) is 0 Å². The number of imidazole rings is 1. The van der Waals surface area contributed by atoms with Gasteiger partial charge in [-0.1, -0.05) is 12.1 Å². The first-order chi connectivity index (χ1) is 10.2. The fraction of sp³-hybridized carbons (Fsp3) is 0.176. The summed E-state index contributed by atoms with van der Waals surface area (Å²) in [4.78, 5) is 8.23. The fourth-order valence-corrected chi connectivity index (χ4v) is 2.28. The minimum Gasteiger partial charge on any atom is -0.377 e. The van der Waals surface area contributed by atoms with E-state index in [2.05, 4.69) is 53.4 Å². The van der Waals surface area contributed by atoms with Crippen LogP contribution in [0.1, 0.15) is 24.1 Å². The molecule has 0 saturated heterocycles. The molecule has 3 rings (SSSR count). The van der Waals surface area contributed by atoms with E-state index in [4.69, 9.17) is 0 Å². The number of hydrogen-bond donors (Lipinski definition) is 1. The Morgan fingerprint density at radius 3 is 2.52 bits per heavy atom. The number of nitrogens with zero attached hydrogens (tertiary/aromatic N) is 3. The van der Waals surface area contributed by atoms with Gasteiger partial charge in [0.15, 0.2) is 0 Å². The molecule has 3 aromatic rings. The van der Waals surface area contributed by atoms with Crippen LogP contribution in [-0.4, -0.2) is 14.5 Å². The molecule has 106 valence electrons. The average Bonchev–Trinajstić information content (AvgIpc) is 3.04. The van der Waals surface area contributed by atoms with Crippen molar-refractivity contribution in [2.75, 3.05) is 5.32 Å². The second kappa shape index (κ2) is 5.79.